The van der Waals surface area contributed by atoms with E-state index in [1.54, 1.807) is 24.5 Å². The molecule has 4 N–H and O–H groups in total. The molecule has 3 heterocycles. The van der Waals surface area contributed by atoms with Gasteiger partial charge in [-0.15, -0.1) is 11.3 Å². The Labute approximate surface area is 222 Å². The first-order valence-electron chi connectivity index (χ1n) is 12.1. The Morgan fingerprint density at radius 3 is 2.36 bits per heavy atom. The molecule has 2 aromatic heterocycles. The van der Waals surface area contributed by atoms with Crippen LogP contribution < -0.4 is 20.9 Å². The Hall–Kier alpha value is -2.60. The summed E-state index contributed by atoms with van der Waals surface area (Å²) in [4.78, 5) is 19.3. The van der Waals surface area contributed by atoms with Crippen molar-refractivity contribution in [1.82, 2.24) is 24.8 Å². The molecule has 1 aromatic carbocycles. The SMILES string of the molecule is CC.COc1ccc(-c2nc(CSc3nc(N)cc(N)n3)c(C)s2)cc1OCCN1CCN(C)CC1. The molecule has 0 atom stereocenters. The third kappa shape index (κ3) is 7.70. The quantitative estimate of drug-likeness (QED) is 0.310. The number of benzene rings is 1. The predicted molar refractivity (Wildman–Crippen MR) is 150 cm³/mol. The van der Waals surface area contributed by atoms with Crippen molar-refractivity contribution in [3.63, 3.8) is 0 Å². The molecule has 1 saturated heterocycles. The Morgan fingerprint density at radius 2 is 1.69 bits per heavy atom. The summed E-state index contributed by atoms with van der Waals surface area (Å²) in [6.07, 6.45) is 0. The summed E-state index contributed by atoms with van der Waals surface area (Å²) in [5.74, 6) is 2.83. The number of aryl methyl sites for hydroxylation is 1. The highest BCUT2D eigenvalue weighted by atomic mass is 32.2. The predicted octanol–water partition coefficient (Wildman–Crippen LogP) is 4.03. The van der Waals surface area contributed by atoms with Crippen LogP contribution in [0.2, 0.25) is 0 Å². The summed E-state index contributed by atoms with van der Waals surface area (Å²) in [5, 5.41) is 1.49. The van der Waals surface area contributed by atoms with E-state index in [2.05, 4.69) is 33.7 Å². The van der Waals surface area contributed by atoms with E-state index >= 15 is 0 Å². The number of aromatic nitrogens is 3. The van der Waals surface area contributed by atoms with Gasteiger partial charge in [0.05, 0.1) is 12.8 Å². The van der Waals surface area contributed by atoms with Crippen LogP contribution in [0, 0.1) is 6.92 Å². The Bertz CT molecular complexity index is 1100. The second-order valence-corrected chi connectivity index (χ2v) is 10.3. The van der Waals surface area contributed by atoms with Gasteiger partial charge in [-0.25, -0.2) is 15.0 Å². The number of thiazole rings is 1. The number of nitrogens with zero attached hydrogens (tertiary/aromatic N) is 5. The zero-order valence-corrected chi connectivity index (χ0v) is 23.4. The van der Waals surface area contributed by atoms with Gasteiger partial charge in [-0.05, 0) is 32.2 Å². The minimum Gasteiger partial charge on any atom is -0.493 e. The lowest BCUT2D eigenvalue weighted by Gasteiger charge is -2.32. The molecule has 1 aliphatic rings. The smallest absolute Gasteiger partial charge is 0.191 e. The highest BCUT2D eigenvalue weighted by Crippen LogP contribution is 2.36. The van der Waals surface area contributed by atoms with Gasteiger partial charge < -0.3 is 25.8 Å². The molecule has 0 bridgehead atoms. The number of piperazine rings is 1. The standard InChI is InChI=1S/C23H31N7O2S2.C2H6/c1-15-17(14-33-23-27-20(24)13-21(25)28-23)26-22(34-15)16-4-5-18(31-3)19(12-16)32-11-10-30-8-6-29(2)7-9-30;1-2/h4-5,12-13H,6-11,14H2,1-3H3,(H4,24,25,27,28);1-2H3. The lowest BCUT2D eigenvalue weighted by atomic mass is 10.2. The van der Waals surface area contributed by atoms with Crippen LogP contribution in [0.15, 0.2) is 29.4 Å². The fourth-order valence-corrected chi connectivity index (χ4v) is 5.53. The van der Waals surface area contributed by atoms with Gasteiger partial charge in [-0.2, -0.15) is 0 Å². The molecule has 0 radical (unpaired) electrons. The minimum atomic E-state index is 0.365. The van der Waals surface area contributed by atoms with Gasteiger partial charge in [0.1, 0.15) is 23.3 Å². The summed E-state index contributed by atoms with van der Waals surface area (Å²) >= 11 is 3.12. The van der Waals surface area contributed by atoms with E-state index in [1.165, 1.54) is 11.8 Å². The van der Waals surface area contributed by atoms with Crippen molar-refractivity contribution in [1.29, 1.82) is 0 Å². The molecule has 36 heavy (non-hydrogen) atoms. The maximum absolute atomic E-state index is 6.14. The topological polar surface area (TPSA) is 116 Å². The molecule has 0 amide bonds. The van der Waals surface area contributed by atoms with Gasteiger partial charge in [0.25, 0.3) is 0 Å². The summed E-state index contributed by atoms with van der Waals surface area (Å²) < 4.78 is 11.7. The van der Waals surface area contributed by atoms with Crippen LogP contribution in [-0.2, 0) is 5.75 Å². The van der Waals surface area contributed by atoms with Crippen LogP contribution in [0.1, 0.15) is 24.4 Å². The molecule has 4 rings (SSSR count). The number of nitrogen functional groups attached to an aromatic ring is 2. The van der Waals surface area contributed by atoms with Gasteiger partial charge in [0, 0.05) is 55.0 Å². The van der Waals surface area contributed by atoms with Crippen molar-refractivity contribution in [3.8, 4) is 22.1 Å². The van der Waals surface area contributed by atoms with Crippen LogP contribution in [0.25, 0.3) is 10.6 Å². The lowest BCUT2D eigenvalue weighted by Crippen LogP contribution is -2.45. The van der Waals surface area contributed by atoms with Gasteiger partial charge in [0.15, 0.2) is 16.7 Å². The van der Waals surface area contributed by atoms with Crippen LogP contribution in [0.4, 0.5) is 11.6 Å². The van der Waals surface area contributed by atoms with Crippen molar-refractivity contribution in [2.45, 2.75) is 31.7 Å². The van der Waals surface area contributed by atoms with Gasteiger partial charge in [-0.1, -0.05) is 25.6 Å². The first-order chi connectivity index (χ1) is 17.4. The second-order valence-electron chi connectivity index (χ2n) is 8.17. The number of hydrogen-bond donors (Lipinski definition) is 2. The van der Waals surface area contributed by atoms with Crippen LogP contribution in [0.5, 0.6) is 11.5 Å². The first kappa shape index (κ1) is 28.0. The van der Waals surface area contributed by atoms with Crippen molar-refractivity contribution >= 4 is 34.7 Å². The highest BCUT2D eigenvalue weighted by molar-refractivity contribution is 7.98. The zero-order valence-electron chi connectivity index (χ0n) is 21.8. The number of thioether (sulfide) groups is 1. The number of ether oxygens (including phenoxy) is 2. The van der Waals surface area contributed by atoms with Crippen LogP contribution in [0.3, 0.4) is 0 Å². The van der Waals surface area contributed by atoms with E-state index in [9.17, 15) is 0 Å². The Morgan fingerprint density at radius 1 is 1.00 bits per heavy atom. The minimum absolute atomic E-state index is 0.365. The number of rotatable bonds is 9. The normalized spacial score (nSPS) is 14.2. The molecule has 1 fully saturated rings. The van der Waals surface area contributed by atoms with E-state index in [-0.39, 0.29) is 0 Å². The number of likely N-dealkylation sites (N-methyl/N-ethyl adjacent to an activating group) is 1. The average molecular weight is 532 g/mol. The molecular weight excluding hydrogens is 494 g/mol. The number of methoxy groups -OCH3 is 1. The fraction of sp³-hybridized carbons (Fsp3) is 0.480. The maximum atomic E-state index is 6.14. The molecule has 3 aromatic rings. The van der Waals surface area contributed by atoms with Crippen LogP contribution >= 0.6 is 23.1 Å². The highest BCUT2D eigenvalue weighted by Gasteiger charge is 2.16. The molecule has 196 valence electrons. The molecular formula is C25H37N7O2S2. The summed E-state index contributed by atoms with van der Waals surface area (Å²) in [6.45, 7) is 11.9. The summed E-state index contributed by atoms with van der Waals surface area (Å²) in [5.41, 5.74) is 13.5. The Kier molecular flexibility index (Phi) is 10.6. The van der Waals surface area contributed by atoms with E-state index in [0.29, 0.717) is 29.2 Å². The number of anilines is 2. The third-order valence-electron chi connectivity index (χ3n) is 5.65. The molecule has 9 nitrogen and oxygen atoms in total. The van der Waals surface area contributed by atoms with E-state index in [0.717, 1.165) is 65.4 Å². The maximum Gasteiger partial charge on any atom is 0.191 e. The molecule has 11 heteroatoms. The third-order valence-corrected chi connectivity index (χ3v) is 7.57. The van der Waals surface area contributed by atoms with Crippen molar-refractivity contribution < 1.29 is 9.47 Å². The molecule has 1 aliphatic heterocycles. The Balaban J connectivity index is 0.00000176. The first-order valence-corrected chi connectivity index (χ1v) is 13.9. The molecule has 0 saturated carbocycles. The molecule has 0 spiro atoms. The van der Waals surface area contributed by atoms with E-state index < -0.39 is 0 Å². The monoisotopic (exact) mass is 531 g/mol. The van der Waals surface area contributed by atoms with Crippen molar-refractivity contribution in [3.05, 3.63) is 34.8 Å². The van der Waals surface area contributed by atoms with E-state index in [4.69, 9.17) is 25.9 Å². The average Bonchev–Trinajstić information content (AvgIpc) is 3.25. The lowest BCUT2D eigenvalue weighted by molar-refractivity contribution is 0.133. The number of nitrogens with two attached hydrogens (primary N) is 2. The largest absolute Gasteiger partial charge is 0.493 e. The van der Waals surface area contributed by atoms with Crippen molar-refractivity contribution in [2.24, 2.45) is 0 Å². The second kappa shape index (κ2) is 13.6. The summed E-state index contributed by atoms with van der Waals surface area (Å²) in [7, 11) is 3.83. The summed E-state index contributed by atoms with van der Waals surface area (Å²) in [6, 6.07) is 7.52. The molecule has 0 unspecified atom stereocenters. The number of hydrogen-bond acceptors (Lipinski definition) is 11. The van der Waals surface area contributed by atoms with Crippen LogP contribution in [-0.4, -0.2) is 78.2 Å². The zero-order chi connectivity index (χ0) is 26.1. The van der Waals surface area contributed by atoms with Gasteiger partial charge in [0.2, 0.25) is 0 Å². The molecule has 0 aliphatic carbocycles. The van der Waals surface area contributed by atoms with Gasteiger partial charge >= 0.3 is 0 Å². The van der Waals surface area contributed by atoms with Crippen molar-refractivity contribution in [2.75, 3.05) is 65.0 Å². The van der Waals surface area contributed by atoms with Gasteiger partial charge in [-0.3, -0.25) is 4.90 Å². The van der Waals surface area contributed by atoms with E-state index in [1.807, 2.05) is 32.0 Å². The fourth-order valence-electron chi connectivity index (χ4n) is 3.62.